The van der Waals surface area contributed by atoms with Crippen molar-refractivity contribution in [1.82, 2.24) is 4.90 Å². The number of nitrogen functional groups attached to an aromatic ring is 1. The number of nitrogens with two attached hydrogens (primary N) is 1. The number of nitriles is 1. The summed E-state index contributed by atoms with van der Waals surface area (Å²) in [6.07, 6.45) is 0.315. The molecule has 1 aromatic carbocycles. The highest BCUT2D eigenvalue weighted by atomic mass is 16.5. The minimum absolute atomic E-state index is 0.159. The number of nitrogens with zero attached hydrogens (tertiary/aromatic N) is 2. The van der Waals surface area contributed by atoms with E-state index in [4.69, 9.17) is 15.7 Å². The molecule has 0 fully saturated rings. The van der Waals surface area contributed by atoms with E-state index in [0.29, 0.717) is 36.5 Å². The minimum Gasteiger partial charge on any atom is -0.497 e. The topological polar surface area (TPSA) is 79.3 Å². The van der Waals surface area contributed by atoms with Crippen molar-refractivity contribution in [2.75, 3.05) is 25.9 Å². The van der Waals surface area contributed by atoms with Crippen LogP contribution in [0.1, 0.15) is 23.7 Å². The first kappa shape index (κ1) is 13.8. The zero-order valence-corrected chi connectivity index (χ0v) is 10.6. The third-order valence-corrected chi connectivity index (χ3v) is 2.65. The second-order valence-corrected chi connectivity index (χ2v) is 3.75. The van der Waals surface area contributed by atoms with Crippen LogP contribution in [-0.2, 0) is 0 Å². The fraction of sp³-hybridized carbons (Fsp3) is 0.385. The molecule has 1 amide bonds. The van der Waals surface area contributed by atoms with Gasteiger partial charge in [0, 0.05) is 24.8 Å². The quantitative estimate of drug-likeness (QED) is 0.802. The third-order valence-electron chi connectivity index (χ3n) is 2.65. The van der Waals surface area contributed by atoms with E-state index in [1.54, 1.807) is 30.2 Å². The van der Waals surface area contributed by atoms with Crippen LogP contribution in [0.25, 0.3) is 0 Å². The maximum absolute atomic E-state index is 12.2. The normalized spacial score (nSPS) is 9.61. The molecular formula is C13H17N3O2. The van der Waals surface area contributed by atoms with E-state index in [1.165, 1.54) is 0 Å². The van der Waals surface area contributed by atoms with Gasteiger partial charge in [0.05, 0.1) is 25.2 Å². The van der Waals surface area contributed by atoms with Gasteiger partial charge in [-0.05, 0) is 19.1 Å². The first-order chi connectivity index (χ1) is 8.63. The van der Waals surface area contributed by atoms with E-state index in [9.17, 15) is 4.79 Å². The summed E-state index contributed by atoms with van der Waals surface area (Å²) in [5.74, 6) is 0.456. The predicted octanol–water partition coefficient (Wildman–Crippen LogP) is 1.65. The summed E-state index contributed by atoms with van der Waals surface area (Å²) in [6, 6.07) is 6.98. The molecule has 5 nitrogen and oxygen atoms in total. The maximum atomic E-state index is 12.2. The molecule has 0 saturated heterocycles. The average molecular weight is 247 g/mol. The van der Waals surface area contributed by atoms with Gasteiger partial charge >= 0.3 is 0 Å². The zero-order chi connectivity index (χ0) is 13.5. The number of ether oxygens (including phenoxy) is 1. The van der Waals surface area contributed by atoms with E-state index in [-0.39, 0.29) is 5.91 Å². The fourth-order valence-corrected chi connectivity index (χ4v) is 1.62. The predicted molar refractivity (Wildman–Crippen MR) is 69.2 cm³/mol. The summed E-state index contributed by atoms with van der Waals surface area (Å²) in [5.41, 5.74) is 6.65. The smallest absolute Gasteiger partial charge is 0.255 e. The number of rotatable bonds is 5. The highest BCUT2D eigenvalue weighted by Gasteiger charge is 2.16. The van der Waals surface area contributed by atoms with Gasteiger partial charge in [0.15, 0.2) is 0 Å². The lowest BCUT2D eigenvalue weighted by molar-refractivity contribution is 0.0769. The molecular weight excluding hydrogens is 230 g/mol. The lowest BCUT2D eigenvalue weighted by Gasteiger charge is -2.20. The highest BCUT2D eigenvalue weighted by molar-refractivity contribution is 5.99. The van der Waals surface area contributed by atoms with Crippen LogP contribution < -0.4 is 10.5 Å². The summed E-state index contributed by atoms with van der Waals surface area (Å²) in [7, 11) is 1.54. The van der Waals surface area contributed by atoms with Crippen molar-refractivity contribution in [3.05, 3.63) is 23.8 Å². The Morgan fingerprint density at radius 3 is 2.78 bits per heavy atom. The van der Waals surface area contributed by atoms with Crippen molar-refractivity contribution in [3.8, 4) is 11.8 Å². The molecule has 0 unspecified atom stereocenters. The fourth-order valence-electron chi connectivity index (χ4n) is 1.62. The molecule has 0 saturated carbocycles. The van der Waals surface area contributed by atoms with Crippen LogP contribution in [0.3, 0.4) is 0 Å². The second-order valence-electron chi connectivity index (χ2n) is 3.75. The maximum Gasteiger partial charge on any atom is 0.255 e. The molecule has 0 bridgehead atoms. The number of hydrogen-bond acceptors (Lipinski definition) is 4. The molecule has 0 aliphatic heterocycles. The van der Waals surface area contributed by atoms with Gasteiger partial charge < -0.3 is 15.4 Å². The van der Waals surface area contributed by atoms with E-state index in [1.807, 2.05) is 13.0 Å². The molecule has 1 aromatic rings. The van der Waals surface area contributed by atoms with Gasteiger partial charge in [-0.1, -0.05) is 0 Å². The van der Waals surface area contributed by atoms with Crippen LogP contribution in [0, 0.1) is 11.3 Å². The summed E-state index contributed by atoms with van der Waals surface area (Å²) < 4.78 is 5.03. The van der Waals surface area contributed by atoms with Gasteiger partial charge in [0.25, 0.3) is 5.91 Å². The Bertz CT molecular complexity index is 466. The van der Waals surface area contributed by atoms with Crippen molar-refractivity contribution in [1.29, 1.82) is 5.26 Å². The number of carbonyl (C=O) groups excluding carboxylic acids is 1. The van der Waals surface area contributed by atoms with Crippen molar-refractivity contribution >= 4 is 11.6 Å². The monoisotopic (exact) mass is 247 g/mol. The third kappa shape index (κ3) is 3.14. The van der Waals surface area contributed by atoms with Gasteiger partial charge in [0.2, 0.25) is 0 Å². The van der Waals surface area contributed by atoms with E-state index in [2.05, 4.69) is 0 Å². The number of amides is 1. The Morgan fingerprint density at radius 2 is 2.28 bits per heavy atom. The Morgan fingerprint density at radius 1 is 1.56 bits per heavy atom. The SMILES string of the molecule is CCN(CCC#N)C(=O)c1ccc(OC)cc1N. The Labute approximate surface area is 107 Å². The Balaban J connectivity index is 2.92. The van der Waals surface area contributed by atoms with E-state index < -0.39 is 0 Å². The molecule has 0 spiro atoms. The van der Waals surface area contributed by atoms with Crippen molar-refractivity contribution in [2.45, 2.75) is 13.3 Å². The summed E-state index contributed by atoms with van der Waals surface area (Å²) in [4.78, 5) is 13.8. The molecule has 0 heterocycles. The molecule has 2 N–H and O–H groups in total. The number of anilines is 1. The van der Waals surface area contributed by atoms with Crippen LogP contribution in [0.5, 0.6) is 5.75 Å². The highest BCUT2D eigenvalue weighted by Crippen LogP contribution is 2.21. The molecule has 1 rings (SSSR count). The standard InChI is InChI=1S/C13H17N3O2/c1-3-16(8-4-7-14)13(17)11-6-5-10(18-2)9-12(11)15/h5-6,9H,3-4,8,15H2,1-2H3. The van der Waals surface area contributed by atoms with Crippen LogP contribution in [0.4, 0.5) is 5.69 Å². The number of hydrogen-bond donors (Lipinski definition) is 1. The lowest BCUT2D eigenvalue weighted by Crippen LogP contribution is -2.32. The van der Waals surface area contributed by atoms with Crippen molar-refractivity contribution in [2.24, 2.45) is 0 Å². The van der Waals surface area contributed by atoms with Crippen LogP contribution in [-0.4, -0.2) is 31.0 Å². The molecule has 0 aromatic heterocycles. The molecule has 5 heteroatoms. The number of carbonyl (C=O) groups is 1. The average Bonchev–Trinajstić information content (AvgIpc) is 2.39. The van der Waals surface area contributed by atoms with Crippen molar-refractivity contribution in [3.63, 3.8) is 0 Å². The summed E-state index contributed by atoms with van der Waals surface area (Å²) >= 11 is 0. The Kier molecular flexibility index (Phi) is 5.00. The minimum atomic E-state index is -0.159. The van der Waals surface area contributed by atoms with Gasteiger partial charge in [-0.25, -0.2) is 0 Å². The number of benzene rings is 1. The second kappa shape index (κ2) is 6.50. The molecule has 18 heavy (non-hydrogen) atoms. The van der Waals surface area contributed by atoms with Crippen LogP contribution in [0.15, 0.2) is 18.2 Å². The van der Waals surface area contributed by atoms with Gasteiger partial charge in [-0.3, -0.25) is 4.79 Å². The molecule has 0 atom stereocenters. The van der Waals surface area contributed by atoms with Crippen LogP contribution in [0.2, 0.25) is 0 Å². The van der Waals surface area contributed by atoms with E-state index >= 15 is 0 Å². The van der Waals surface area contributed by atoms with Gasteiger partial charge in [0.1, 0.15) is 5.75 Å². The summed E-state index contributed by atoms with van der Waals surface area (Å²) in [6.45, 7) is 2.83. The lowest BCUT2D eigenvalue weighted by atomic mass is 10.1. The van der Waals surface area contributed by atoms with Crippen molar-refractivity contribution < 1.29 is 9.53 Å². The van der Waals surface area contributed by atoms with Crippen LogP contribution >= 0.6 is 0 Å². The summed E-state index contributed by atoms with van der Waals surface area (Å²) in [5, 5.41) is 8.56. The first-order valence-electron chi connectivity index (χ1n) is 5.73. The first-order valence-corrected chi connectivity index (χ1v) is 5.73. The molecule has 0 aliphatic rings. The number of methoxy groups -OCH3 is 1. The van der Waals surface area contributed by atoms with Gasteiger partial charge in [-0.2, -0.15) is 5.26 Å². The Hall–Kier alpha value is -2.22. The largest absolute Gasteiger partial charge is 0.497 e. The van der Waals surface area contributed by atoms with E-state index in [0.717, 1.165) is 0 Å². The van der Waals surface area contributed by atoms with Gasteiger partial charge in [-0.15, -0.1) is 0 Å². The molecule has 96 valence electrons. The molecule has 0 radical (unpaired) electrons. The zero-order valence-electron chi connectivity index (χ0n) is 10.6. The molecule has 0 aliphatic carbocycles.